The van der Waals surface area contributed by atoms with Gasteiger partial charge in [0.1, 0.15) is 4.21 Å². The predicted molar refractivity (Wildman–Crippen MR) is 83.0 cm³/mol. The zero-order valence-electron chi connectivity index (χ0n) is 10.7. The SMILES string of the molecule is O=[SH](=O)N1CCN(S(=O)(=O)c2cccs2)c2ccccc21. The van der Waals surface area contributed by atoms with Crippen molar-refractivity contribution in [1.82, 2.24) is 0 Å². The molecule has 3 rings (SSSR count). The Kier molecular flexibility index (Phi) is 3.64. The Morgan fingerprint density at radius 3 is 2.33 bits per heavy atom. The van der Waals surface area contributed by atoms with Gasteiger partial charge in [-0.05, 0) is 23.6 Å². The van der Waals surface area contributed by atoms with Crippen LogP contribution >= 0.6 is 11.3 Å². The van der Waals surface area contributed by atoms with Crippen molar-refractivity contribution >= 4 is 43.6 Å². The molecule has 1 aromatic heterocycles. The third kappa shape index (κ3) is 2.41. The van der Waals surface area contributed by atoms with Crippen LogP contribution in [0.2, 0.25) is 0 Å². The maximum atomic E-state index is 12.7. The van der Waals surface area contributed by atoms with E-state index in [1.807, 2.05) is 0 Å². The minimum absolute atomic E-state index is 0.0978. The van der Waals surface area contributed by atoms with Gasteiger partial charge in [-0.2, -0.15) is 0 Å². The second kappa shape index (κ2) is 5.32. The molecule has 0 bridgehead atoms. The molecule has 9 heteroatoms. The lowest BCUT2D eigenvalue weighted by Gasteiger charge is -2.34. The van der Waals surface area contributed by atoms with E-state index >= 15 is 0 Å². The summed E-state index contributed by atoms with van der Waals surface area (Å²) in [6.07, 6.45) is 0. The van der Waals surface area contributed by atoms with Gasteiger partial charge in [-0.3, -0.25) is 8.61 Å². The Morgan fingerprint density at radius 1 is 1.00 bits per heavy atom. The number of para-hydroxylation sites is 2. The van der Waals surface area contributed by atoms with Gasteiger partial charge < -0.3 is 0 Å². The van der Waals surface area contributed by atoms with Gasteiger partial charge in [-0.15, -0.1) is 11.3 Å². The molecular formula is C12H12N2O4S3. The molecule has 2 heterocycles. The van der Waals surface area contributed by atoms with Crippen LogP contribution in [0.5, 0.6) is 0 Å². The highest BCUT2D eigenvalue weighted by Crippen LogP contribution is 2.36. The Balaban J connectivity index is 2.13. The van der Waals surface area contributed by atoms with Crippen LogP contribution in [0.1, 0.15) is 0 Å². The molecular weight excluding hydrogens is 332 g/mol. The minimum atomic E-state index is -3.65. The van der Waals surface area contributed by atoms with Crippen molar-refractivity contribution in [1.29, 1.82) is 0 Å². The molecule has 21 heavy (non-hydrogen) atoms. The summed E-state index contributed by atoms with van der Waals surface area (Å²) in [5.41, 5.74) is 0.774. The number of rotatable bonds is 3. The summed E-state index contributed by atoms with van der Waals surface area (Å²) in [5.74, 6) is 0. The molecule has 1 aliphatic rings. The first-order valence-electron chi connectivity index (χ1n) is 6.09. The molecule has 1 aliphatic heterocycles. The highest BCUT2D eigenvalue weighted by Gasteiger charge is 2.33. The van der Waals surface area contributed by atoms with E-state index < -0.39 is 20.9 Å². The van der Waals surface area contributed by atoms with Crippen LogP contribution < -0.4 is 8.61 Å². The zero-order chi connectivity index (χ0) is 15.0. The number of fused-ring (bicyclic) bond motifs is 1. The summed E-state index contributed by atoms with van der Waals surface area (Å²) in [7, 11) is -6.44. The maximum Gasteiger partial charge on any atom is 0.273 e. The highest BCUT2D eigenvalue weighted by molar-refractivity contribution is 7.94. The topological polar surface area (TPSA) is 74.8 Å². The molecule has 0 aliphatic carbocycles. The summed E-state index contributed by atoms with van der Waals surface area (Å²) >= 11 is 1.14. The summed E-state index contributed by atoms with van der Waals surface area (Å²) in [6.45, 7) is 0.209. The van der Waals surface area contributed by atoms with Gasteiger partial charge in [-0.1, -0.05) is 18.2 Å². The summed E-state index contributed by atoms with van der Waals surface area (Å²) in [4.78, 5) is 0. The van der Waals surface area contributed by atoms with Crippen molar-refractivity contribution in [2.24, 2.45) is 0 Å². The molecule has 0 amide bonds. The van der Waals surface area contributed by atoms with E-state index in [-0.39, 0.29) is 17.3 Å². The van der Waals surface area contributed by atoms with Crippen molar-refractivity contribution in [2.75, 3.05) is 21.7 Å². The zero-order valence-corrected chi connectivity index (χ0v) is 13.3. The molecule has 0 unspecified atom stereocenters. The first-order chi connectivity index (χ1) is 10.0. The average Bonchev–Trinajstić information content (AvgIpc) is 3.00. The van der Waals surface area contributed by atoms with Crippen molar-refractivity contribution < 1.29 is 16.8 Å². The second-order valence-corrected chi connectivity index (χ2v) is 8.35. The third-order valence-electron chi connectivity index (χ3n) is 3.18. The quantitative estimate of drug-likeness (QED) is 0.852. The molecule has 0 saturated carbocycles. The van der Waals surface area contributed by atoms with Gasteiger partial charge >= 0.3 is 0 Å². The number of thiol groups is 1. The normalized spacial score (nSPS) is 15.3. The fraction of sp³-hybridized carbons (Fsp3) is 0.167. The van der Waals surface area contributed by atoms with Gasteiger partial charge in [-0.25, -0.2) is 16.8 Å². The Labute approximate surface area is 128 Å². The lowest BCUT2D eigenvalue weighted by atomic mass is 10.2. The third-order valence-corrected chi connectivity index (χ3v) is 7.18. The smallest absolute Gasteiger partial charge is 0.268 e. The molecule has 0 saturated heterocycles. The molecule has 0 fully saturated rings. The van der Waals surface area contributed by atoms with Crippen molar-refractivity contribution in [3.05, 3.63) is 41.8 Å². The number of benzene rings is 1. The van der Waals surface area contributed by atoms with Crippen LogP contribution in [0.25, 0.3) is 0 Å². The summed E-state index contributed by atoms with van der Waals surface area (Å²) in [5, 5.41) is 1.70. The van der Waals surface area contributed by atoms with Gasteiger partial charge in [0, 0.05) is 0 Å². The molecule has 0 spiro atoms. The van der Waals surface area contributed by atoms with Gasteiger partial charge in [0.05, 0.1) is 24.5 Å². The number of thiophene rings is 1. The van der Waals surface area contributed by atoms with Gasteiger partial charge in [0.2, 0.25) is 10.9 Å². The lowest BCUT2D eigenvalue weighted by molar-refractivity contribution is 0.589. The van der Waals surface area contributed by atoms with Gasteiger partial charge in [0.25, 0.3) is 10.0 Å². The molecule has 112 valence electrons. The fourth-order valence-corrected chi connectivity index (χ4v) is 5.43. The van der Waals surface area contributed by atoms with Crippen molar-refractivity contribution in [3.8, 4) is 0 Å². The van der Waals surface area contributed by atoms with Crippen LogP contribution in [0.4, 0.5) is 11.4 Å². The van der Waals surface area contributed by atoms with Crippen LogP contribution in [0, 0.1) is 0 Å². The highest BCUT2D eigenvalue weighted by atomic mass is 32.2. The standard InChI is InChI=1S/C12H12N2O4S3/c15-20(16)13-7-8-14(11-5-2-1-4-10(11)13)21(17,18)12-6-3-9-19-12/h1-6,9,20H,7-8H2. The largest absolute Gasteiger partial charge is 0.273 e. The van der Waals surface area contributed by atoms with Crippen LogP contribution in [-0.4, -0.2) is 29.9 Å². The lowest BCUT2D eigenvalue weighted by Crippen LogP contribution is -2.43. The molecule has 0 radical (unpaired) electrons. The van der Waals surface area contributed by atoms with E-state index in [4.69, 9.17) is 0 Å². The predicted octanol–water partition coefficient (Wildman–Crippen LogP) is 1.29. The van der Waals surface area contributed by atoms with E-state index in [1.165, 1.54) is 8.61 Å². The Morgan fingerprint density at radius 2 is 1.71 bits per heavy atom. The first kappa shape index (κ1) is 14.4. The molecule has 0 N–H and O–H groups in total. The monoisotopic (exact) mass is 344 g/mol. The van der Waals surface area contributed by atoms with E-state index in [1.54, 1.807) is 41.8 Å². The van der Waals surface area contributed by atoms with E-state index in [0.29, 0.717) is 11.4 Å². The second-order valence-electron chi connectivity index (χ2n) is 4.36. The fourth-order valence-electron chi connectivity index (χ4n) is 2.26. The number of sulfonamides is 1. The van der Waals surface area contributed by atoms with Crippen LogP contribution in [-0.2, 0) is 20.9 Å². The summed E-state index contributed by atoms with van der Waals surface area (Å²) in [6, 6.07) is 9.82. The summed E-state index contributed by atoms with van der Waals surface area (Å²) < 4.78 is 50.6. The number of nitrogens with zero attached hydrogens (tertiary/aromatic N) is 2. The molecule has 1 aromatic carbocycles. The van der Waals surface area contributed by atoms with E-state index in [9.17, 15) is 16.8 Å². The average molecular weight is 344 g/mol. The maximum absolute atomic E-state index is 12.7. The van der Waals surface area contributed by atoms with Gasteiger partial charge in [0.15, 0.2) is 0 Å². The Hall–Kier alpha value is -1.58. The number of hydrogen-bond acceptors (Lipinski definition) is 5. The number of hydrogen-bond donors (Lipinski definition) is 1. The van der Waals surface area contributed by atoms with E-state index in [0.717, 1.165) is 11.3 Å². The molecule has 2 aromatic rings. The molecule has 0 atom stereocenters. The van der Waals surface area contributed by atoms with Crippen molar-refractivity contribution in [3.63, 3.8) is 0 Å². The molecule has 6 nitrogen and oxygen atoms in total. The Bertz CT molecular complexity index is 820. The minimum Gasteiger partial charge on any atom is -0.268 e. The first-order valence-corrected chi connectivity index (χ1v) is 9.54. The van der Waals surface area contributed by atoms with E-state index in [2.05, 4.69) is 0 Å². The van der Waals surface area contributed by atoms with Crippen LogP contribution in [0.15, 0.2) is 46.0 Å². The number of anilines is 2. The van der Waals surface area contributed by atoms with Crippen molar-refractivity contribution in [2.45, 2.75) is 4.21 Å². The van der Waals surface area contributed by atoms with Crippen LogP contribution in [0.3, 0.4) is 0 Å².